The largest absolute Gasteiger partial charge is 0.449 e. The molecule has 5 rings (SSSR count). The fraction of sp³-hybridized carbons (Fsp3) is 0.138. The first-order chi connectivity index (χ1) is 19.6. The smallest absolute Gasteiger partial charge is 0.339 e. The minimum absolute atomic E-state index is 0.0302. The lowest BCUT2D eigenvalue weighted by atomic mass is 10.1. The Kier molecular flexibility index (Phi) is 7.49. The van der Waals surface area contributed by atoms with Gasteiger partial charge in [0.25, 0.3) is 15.9 Å². The van der Waals surface area contributed by atoms with Gasteiger partial charge in [-0.3, -0.25) is 4.79 Å². The Morgan fingerprint density at radius 3 is 2.24 bits per heavy atom. The lowest BCUT2D eigenvalue weighted by Gasteiger charge is -2.15. The van der Waals surface area contributed by atoms with E-state index in [2.05, 4.69) is 30.0 Å². The molecule has 41 heavy (non-hydrogen) atoms. The summed E-state index contributed by atoms with van der Waals surface area (Å²) >= 11 is 0. The summed E-state index contributed by atoms with van der Waals surface area (Å²) in [6.07, 6.45) is -1.14. The number of amides is 1. The minimum atomic E-state index is -3.96. The highest BCUT2D eigenvalue weighted by Crippen LogP contribution is 2.25. The SMILES string of the molecule is Cc1cc(C)nc(NS(=O)(=O)c2ccc(NC(=O)C(C)OC(=O)c3ccccc3-c3nc4ccccc4[nH]3)cc2)n1. The number of nitrogens with zero attached hydrogens (tertiary/aromatic N) is 3. The zero-order valence-electron chi connectivity index (χ0n) is 22.4. The Labute approximate surface area is 236 Å². The molecule has 0 saturated carbocycles. The summed E-state index contributed by atoms with van der Waals surface area (Å²) in [5.41, 5.74) is 3.95. The van der Waals surface area contributed by atoms with E-state index in [1.165, 1.54) is 31.2 Å². The fourth-order valence-electron chi connectivity index (χ4n) is 4.14. The van der Waals surface area contributed by atoms with Crippen molar-refractivity contribution in [2.75, 3.05) is 10.0 Å². The summed E-state index contributed by atoms with van der Waals surface area (Å²) in [6.45, 7) is 4.92. The quantitative estimate of drug-likeness (QED) is 0.228. The number of para-hydroxylation sites is 2. The fourth-order valence-corrected chi connectivity index (χ4v) is 5.08. The number of aryl methyl sites for hydroxylation is 2. The van der Waals surface area contributed by atoms with Crippen molar-refractivity contribution in [3.63, 3.8) is 0 Å². The Morgan fingerprint density at radius 2 is 1.54 bits per heavy atom. The van der Waals surface area contributed by atoms with Gasteiger partial charge in [-0.05, 0) is 69.3 Å². The molecule has 208 valence electrons. The summed E-state index contributed by atoms with van der Waals surface area (Å²) in [7, 11) is -3.96. The van der Waals surface area contributed by atoms with E-state index >= 15 is 0 Å². The Hall–Kier alpha value is -5.10. The van der Waals surface area contributed by atoms with Crippen molar-refractivity contribution in [3.05, 3.63) is 95.8 Å². The number of sulfonamides is 1. The van der Waals surface area contributed by atoms with Crippen LogP contribution in [0.5, 0.6) is 0 Å². The van der Waals surface area contributed by atoms with Crippen molar-refractivity contribution >= 4 is 44.6 Å². The molecule has 0 aliphatic carbocycles. The number of hydrogen-bond donors (Lipinski definition) is 3. The maximum Gasteiger partial charge on any atom is 0.339 e. The number of fused-ring (bicyclic) bond motifs is 1. The maximum atomic E-state index is 13.0. The van der Waals surface area contributed by atoms with Crippen molar-refractivity contribution in [1.82, 2.24) is 19.9 Å². The molecule has 3 N–H and O–H groups in total. The molecule has 2 aromatic heterocycles. The predicted molar refractivity (Wildman–Crippen MR) is 154 cm³/mol. The lowest BCUT2D eigenvalue weighted by Crippen LogP contribution is -2.30. The Bertz CT molecular complexity index is 1820. The van der Waals surface area contributed by atoms with E-state index in [0.29, 0.717) is 28.5 Å². The first-order valence-corrected chi connectivity index (χ1v) is 14.1. The van der Waals surface area contributed by atoms with E-state index in [9.17, 15) is 18.0 Å². The van der Waals surface area contributed by atoms with Gasteiger partial charge in [-0.15, -0.1) is 0 Å². The number of benzene rings is 3. The molecule has 1 unspecified atom stereocenters. The molecule has 1 atom stereocenters. The summed E-state index contributed by atoms with van der Waals surface area (Å²) in [5, 5.41) is 2.63. The van der Waals surface area contributed by atoms with Crippen molar-refractivity contribution in [1.29, 1.82) is 0 Å². The van der Waals surface area contributed by atoms with E-state index in [1.54, 1.807) is 44.2 Å². The van der Waals surface area contributed by atoms with Crippen LogP contribution in [0.25, 0.3) is 22.4 Å². The van der Waals surface area contributed by atoms with E-state index in [0.717, 1.165) is 11.0 Å². The third-order valence-electron chi connectivity index (χ3n) is 6.08. The molecule has 2 heterocycles. The zero-order chi connectivity index (χ0) is 29.1. The number of rotatable bonds is 8. The average Bonchev–Trinajstić information content (AvgIpc) is 3.37. The second-order valence-corrected chi connectivity index (χ2v) is 11.0. The molecule has 5 aromatic rings. The summed E-state index contributed by atoms with van der Waals surface area (Å²) in [5.74, 6) is -0.802. The van der Waals surface area contributed by atoms with Gasteiger partial charge >= 0.3 is 5.97 Å². The van der Waals surface area contributed by atoms with Crippen LogP contribution >= 0.6 is 0 Å². The van der Waals surface area contributed by atoms with Crippen LogP contribution in [-0.4, -0.2) is 46.3 Å². The molecule has 0 aliphatic heterocycles. The molecular formula is C29H26N6O5S. The van der Waals surface area contributed by atoms with Crippen molar-refractivity contribution < 1.29 is 22.7 Å². The number of carbonyl (C=O) groups excluding carboxylic acids is 2. The average molecular weight is 571 g/mol. The van der Waals surface area contributed by atoms with Crippen molar-refractivity contribution in [3.8, 4) is 11.4 Å². The molecule has 0 radical (unpaired) electrons. The van der Waals surface area contributed by atoms with Crippen molar-refractivity contribution in [2.45, 2.75) is 31.8 Å². The maximum absolute atomic E-state index is 13.0. The molecule has 3 aromatic carbocycles. The van der Waals surface area contributed by atoms with Crippen LogP contribution in [0.3, 0.4) is 0 Å². The summed E-state index contributed by atoms with van der Waals surface area (Å²) in [4.78, 5) is 41.7. The third kappa shape index (κ3) is 6.23. The number of hydrogen-bond acceptors (Lipinski definition) is 8. The lowest BCUT2D eigenvalue weighted by molar-refractivity contribution is -0.123. The van der Waals surface area contributed by atoms with Crippen LogP contribution in [0.1, 0.15) is 28.7 Å². The number of ether oxygens (including phenoxy) is 1. The number of carbonyl (C=O) groups is 2. The molecule has 11 nitrogen and oxygen atoms in total. The highest BCUT2D eigenvalue weighted by Gasteiger charge is 2.23. The van der Waals surface area contributed by atoms with Crippen LogP contribution in [0.2, 0.25) is 0 Å². The number of anilines is 2. The van der Waals surface area contributed by atoms with Crippen LogP contribution in [0.4, 0.5) is 11.6 Å². The van der Waals surface area contributed by atoms with Crippen LogP contribution in [0, 0.1) is 13.8 Å². The highest BCUT2D eigenvalue weighted by atomic mass is 32.2. The minimum Gasteiger partial charge on any atom is -0.449 e. The number of imidazole rings is 1. The molecule has 12 heteroatoms. The van der Waals surface area contributed by atoms with E-state index < -0.39 is 28.0 Å². The van der Waals surface area contributed by atoms with Gasteiger partial charge < -0.3 is 15.0 Å². The van der Waals surface area contributed by atoms with Gasteiger partial charge in [-0.1, -0.05) is 30.3 Å². The molecule has 0 spiro atoms. The van der Waals surface area contributed by atoms with Crippen LogP contribution in [-0.2, 0) is 19.6 Å². The van der Waals surface area contributed by atoms with Crippen molar-refractivity contribution in [2.24, 2.45) is 0 Å². The summed E-state index contributed by atoms with van der Waals surface area (Å²) in [6, 6.07) is 21.6. The predicted octanol–water partition coefficient (Wildman–Crippen LogP) is 4.62. The third-order valence-corrected chi connectivity index (χ3v) is 7.43. The molecule has 0 bridgehead atoms. The second-order valence-electron chi connectivity index (χ2n) is 9.29. The van der Waals surface area contributed by atoms with Gasteiger partial charge in [0.2, 0.25) is 5.95 Å². The Morgan fingerprint density at radius 1 is 0.878 bits per heavy atom. The number of aromatic nitrogens is 4. The number of esters is 1. The van der Waals surface area contributed by atoms with Gasteiger partial charge in [0, 0.05) is 22.6 Å². The second kappa shape index (κ2) is 11.2. The Balaban J connectivity index is 1.24. The molecule has 1 amide bonds. The number of H-pyrrole nitrogens is 1. The van der Waals surface area contributed by atoms with E-state index in [4.69, 9.17) is 4.74 Å². The molecule has 0 aliphatic rings. The monoisotopic (exact) mass is 570 g/mol. The van der Waals surface area contributed by atoms with Gasteiger partial charge in [0.15, 0.2) is 6.10 Å². The van der Waals surface area contributed by atoms with Gasteiger partial charge in [0.1, 0.15) is 5.82 Å². The zero-order valence-corrected chi connectivity index (χ0v) is 23.2. The molecule has 0 saturated heterocycles. The summed E-state index contributed by atoms with van der Waals surface area (Å²) < 4.78 is 33.3. The first kappa shape index (κ1) is 27.5. The topological polar surface area (TPSA) is 156 Å². The standard InChI is InChI=1S/C29H26N6O5S/c1-17-16-18(2)31-29(30-17)35-41(38,39)21-14-12-20(13-15-21)32-27(36)19(3)40-28(37)23-9-5-4-8-22(23)26-33-24-10-6-7-11-25(24)34-26/h4-16,19H,1-3H3,(H,32,36)(H,33,34)(H,30,31,35). The highest BCUT2D eigenvalue weighted by molar-refractivity contribution is 7.92. The van der Waals surface area contributed by atoms with Crippen LogP contribution in [0.15, 0.2) is 83.8 Å². The number of nitrogens with one attached hydrogen (secondary N) is 3. The molecule has 0 fully saturated rings. The van der Waals surface area contributed by atoms with Crippen LogP contribution < -0.4 is 10.0 Å². The molecular weight excluding hydrogens is 544 g/mol. The van der Waals surface area contributed by atoms with Gasteiger partial charge in [-0.25, -0.2) is 32.9 Å². The van der Waals surface area contributed by atoms with Gasteiger partial charge in [0.05, 0.1) is 21.5 Å². The first-order valence-electron chi connectivity index (χ1n) is 12.6. The normalized spacial score (nSPS) is 12.1. The van der Waals surface area contributed by atoms with E-state index in [-0.39, 0.29) is 16.4 Å². The van der Waals surface area contributed by atoms with Gasteiger partial charge in [-0.2, -0.15) is 0 Å². The number of aromatic amines is 1. The van der Waals surface area contributed by atoms with E-state index in [1.807, 2.05) is 24.3 Å².